The molecule has 1 amide bonds. The summed E-state index contributed by atoms with van der Waals surface area (Å²) in [6, 6.07) is 26.7. The first-order valence-corrected chi connectivity index (χ1v) is 10.3. The van der Waals surface area contributed by atoms with Crippen molar-refractivity contribution in [2.24, 2.45) is 0 Å². The van der Waals surface area contributed by atoms with Gasteiger partial charge in [0.05, 0.1) is 5.52 Å². The third-order valence-electron chi connectivity index (χ3n) is 4.85. The van der Waals surface area contributed by atoms with Crippen molar-refractivity contribution in [3.05, 3.63) is 90.5 Å². The van der Waals surface area contributed by atoms with Gasteiger partial charge in [0.25, 0.3) is 11.6 Å². The van der Waals surface area contributed by atoms with Crippen LogP contribution in [0.3, 0.4) is 0 Å². The van der Waals surface area contributed by atoms with Gasteiger partial charge in [-0.15, -0.1) is 5.10 Å². The lowest BCUT2D eigenvalue weighted by Gasteiger charge is -2.36. The number of benzene rings is 3. The Morgan fingerprint density at radius 3 is 2.19 bits per heavy atom. The number of nitrogens with zero attached hydrogens (tertiary/aromatic N) is 3. The monoisotopic (exact) mass is 414 g/mol. The Bertz CT molecular complexity index is 1120. The van der Waals surface area contributed by atoms with Crippen LogP contribution in [0, 0.1) is 0 Å². The normalized spacial score (nSPS) is 13.5. The number of fused-ring (bicyclic) bond motifs is 1. The highest BCUT2D eigenvalue weighted by molar-refractivity contribution is 5.86. The van der Waals surface area contributed by atoms with Crippen LogP contribution in [0.5, 0.6) is 5.75 Å². The molecule has 0 bridgehead atoms. The molecule has 0 aliphatic rings. The van der Waals surface area contributed by atoms with Crippen LogP contribution in [0.2, 0.25) is 0 Å². The van der Waals surface area contributed by atoms with Crippen molar-refractivity contribution in [1.82, 2.24) is 20.3 Å². The van der Waals surface area contributed by atoms with E-state index >= 15 is 0 Å². The van der Waals surface area contributed by atoms with E-state index < -0.39 is 11.3 Å². The van der Waals surface area contributed by atoms with Gasteiger partial charge in [-0.25, -0.2) is 0 Å². The van der Waals surface area contributed by atoms with Crippen molar-refractivity contribution in [3.8, 4) is 5.75 Å². The molecule has 0 fully saturated rings. The van der Waals surface area contributed by atoms with Gasteiger partial charge in [0.2, 0.25) is 0 Å². The fourth-order valence-corrected chi connectivity index (χ4v) is 3.51. The van der Waals surface area contributed by atoms with Gasteiger partial charge in [0, 0.05) is 12.0 Å². The third kappa shape index (κ3) is 4.43. The predicted molar refractivity (Wildman–Crippen MR) is 121 cm³/mol. The first kappa shape index (κ1) is 20.6. The molecule has 0 saturated heterocycles. The number of ether oxygens (including phenoxy) is 1. The summed E-state index contributed by atoms with van der Waals surface area (Å²) in [5, 5.41) is 11.8. The fourth-order valence-electron chi connectivity index (χ4n) is 3.51. The molecular formula is C25H26N4O2. The van der Waals surface area contributed by atoms with Crippen molar-refractivity contribution in [2.75, 3.05) is 0 Å². The van der Waals surface area contributed by atoms with E-state index in [-0.39, 0.29) is 12.3 Å². The first-order chi connectivity index (χ1) is 14.9. The van der Waals surface area contributed by atoms with Crippen LogP contribution >= 0.6 is 0 Å². The number of para-hydroxylation sites is 2. The van der Waals surface area contributed by atoms with E-state index in [9.17, 15) is 4.79 Å². The van der Waals surface area contributed by atoms with Crippen molar-refractivity contribution < 1.29 is 9.53 Å². The number of hydrogen-bond donors (Lipinski definition) is 1. The minimum atomic E-state index is -1.48. The molecule has 0 aliphatic heterocycles. The molecule has 4 rings (SSSR count). The molecule has 4 aromatic rings. The molecule has 0 radical (unpaired) electrons. The largest absolute Gasteiger partial charge is 0.456 e. The molecule has 0 aliphatic carbocycles. The Kier molecular flexibility index (Phi) is 5.46. The van der Waals surface area contributed by atoms with E-state index in [0.29, 0.717) is 11.3 Å². The van der Waals surface area contributed by atoms with Crippen molar-refractivity contribution >= 4 is 16.9 Å². The lowest BCUT2D eigenvalue weighted by molar-refractivity contribution is -0.149. The maximum atomic E-state index is 13.9. The predicted octanol–water partition coefficient (Wildman–Crippen LogP) is 4.32. The SMILES string of the molecule is CC(C)(C)NC(=O)C(Cc1ccccc1)(Oc1ccccc1)n1nnc2ccccc21. The maximum absolute atomic E-state index is 13.9. The molecule has 0 spiro atoms. The second-order valence-corrected chi connectivity index (χ2v) is 8.56. The van der Waals surface area contributed by atoms with E-state index in [1.165, 1.54) is 0 Å². The second-order valence-electron chi connectivity index (χ2n) is 8.56. The second kappa shape index (κ2) is 8.22. The van der Waals surface area contributed by atoms with Crippen LogP contribution in [0.25, 0.3) is 11.0 Å². The summed E-state index contributed by atoms with van der Waals surface area (Å²) < 4.78 is 8.12. The lowest BCUT2D eigenvalue weighted by atomic mass is 9.98. The molecule has 31 heavy (non-hydrogen) atoms. The average Bonchev–Trinajstić information content (AvgIpc) is 3.18. The minimum absolute atomic E-state index is 0.276. The van der Waals surface area contributed by atoms with Gasteiger partial charge in [0.1, 0.15) is 11.3 Å². The Morgan fingerprint density at radius 1 is 0.903 bits per heavy atom. The summed E-state index contributed by atoms with van der Waals surface area (Å²) in [4.78, 5) is 13.9. The maximum Gasteiger partial charge on any atom is 0.288 e. The number of carbonyl (C=O) groups is 1. The minimum Gasteiger partial charge on any atom is -0.456 e. The molecule has 0 saturated carbocycles. The highest BCUT2D eigenvalue weighted by Gasteiger charge is 2.46. The number of nitrogens with one attached hydrogen (secondary N) is 1. The standard InChI is InChI=1S/C25H26N4O2/c1-24(2,3)26-23(30)25(18-19-12-6-4-7-13-19,31-20-14-8-5-9-15-20)29-22-17-11-10-16-21(22)27-28-29/h4-17H,18H2,1-3H3,(H,26,30). The van der Waals surface area contributed by atoms with Gasteiger partial charge in [0.15, 0.2) is 0 Å². The Morgan fingerprint density at radius 2 is 1.52 bits per heavy atom. The zero-order chi connectivity index (χ0) is 21.9. The van der Waals surface area contributed by atoms with Crippen molar-refractivity contribution in [2.45, 2.75) is 38.5 Å². The lowest BCUT2D eigenvalue weighted by Crippen LogP contribution is -2.58. The van der Waals surface area contributed by atoms with Gasteiger partial charge >= 0.3 is 0 Å². The van der Waals surface area contributed by atoms with Crippen LogP contribution in [0.4, 0.5) is 0 Å². The summed E-state index contributed by atoms with van der Waals surface area (Å²) in [6.45, 7) is 5.83. The van der Waals surface area contributed by atoms with E-state index in [0.717, 1.165) is 11.1 Å². The molecular weight excluding hydrogens is 388 g/mol. The fraction of sp³-hybridized carbons (Fsp3) is 0.240. The molecule has 1 atom stereocenters. The first-order valence-electron chi connectivity index (χ1n) is 10.3. The number of rotatable bonds is 6. The highest BCUT2D eigenvalue weighted by atomic mass is 16.5. The number of hydrogen-bond acceptors (Lipinski definition) is 4. The summed E-state index contributed by atoms with van der Waals surface area (Å²) in [6.07, 6.45) is 0.276. The number of carbonyl (C=O) groups excluding carboxylic acids is 1. The summed E-state index contributed by atoms with van der Waals surface area (Å²) in [5.41, 5.74) is 0.419. The summed E-state index contributed by atoms with van der Waals surface area (Å²) >= 11 is 0. The quantitative estimate of drug-likeness (QED) is 0.510. The molecule has 1 heterocycles. The van der Waals surface area contributed by atoms with E-state index in [1.807, 2.05) is 106 Å². The molecule has 158 valence electrons. The van der Waals surface area contributed by atoms with E-state index in [2.05, 4.69) is 15.6 Å². The Balaban J connectivity index is 1.93. The molecule has 1 unspecified atom stereocenters. The van der Waals surface area contributed by atoms with Crippen molar-refractivity contribution in [1.29, 1.82) is 0 Å². The van der Waals surface area contributed by atoms with Gasteiger partial charge in [-0.2, -0.15) is 4.68 Å². The smallest absolute Gasteiger partial charge is 0.288 e. The average molecular weight is 415 g/mol. The third-order valence-corrected chi connectivity index (χ3v) is 4.85. The van der Waals surface area contributed by atoms with Gasteiger partial charge < -0.3 is 10.1 Å². The topological polar surface area (TPSA) is 69.0 Å². The van der Waals surface area contributed by atoms with Crippen LogP contribution < -0.4 is 10.1 Å². The highest BCUT2D eigenvalue weighted by Crippen LogP contribution is 2.30. The molecule has 1 aromatic heterocycles. The number of aromatic nitrogens is 3. The van der Waals surface area contributed by atoms with Crippen molar-refractivity contribution in [3.63, 3.8) is 0 Å². The molecule has 6 nitrogen and oxygen atoms in total. The molecule has 1 N–H and O–H groups in total. The summed E-state index contributed by atoms with van der Waals surface area (Å²) in [7, 11) is 0. The van der Waals surface area contributed by atoms with Gasteiger partial charge in [-0.05, 0) is 50.6 Å². The Labute approximate surface area is 181 Å². The van der Waals surface area contributed by atoms with Crippen LogP contribution in [0.1, 0.15) is 26.3 Å². The van der Waals surface area contributed by atoms with E-state index in [4.69, 9.17) is 4.74 Å². The van der Waals surface area contributed by atoms with Crippen LogP contribution in [0.15, 0.2) is 84.9 Å². The zero-order valence-electron chi connectivity index (χ0n) is 17.9. The van der Waals surface area contributed by atoms with Gasteiger partial charge in [-0.1, -0.05) is 65.9 Å². The number of amides is 1. The zero-order valence-corrected chi connectivity index (χ0v) is 17.9. The van der Waals surface area contributed by atoms with Gasteiger partial charge in [-0.3, -0.25) is 4.79 Å². The summed E-state index contributed by atoms with van der Waals surface area (Å²) in [5.74, 6) is 0.283. The molecule has 3 aromatic carbocycles. The Hall–Kier alpha value is -3.67. The van der Waals surface area contributed by atoms with E-state index in [1.54, 1.807) is 4.68 Å². The van der Waals surface area contributed by atoms with Crippen LogP contribution in [-0.4, -0.2) is 26.4 Å². The van der Waals surface area contributed by atoms with Crippen LogP contribution in [-0.2, 0) is 16.9 Å². The molecule has 6 heteroatoms.